The van der Waals surface area contributed by atoms with Crippen LogP contribution in [0.4, 0.5) is 24.5 Å². The van der Waals surface area contributed by atoms with Crippen molar-refractivity contribution in [2.75, 3.05) is 17.7 Å². The van der Waals surface area contributed by atoms with Gasteiger partial charge in [-0.2, -0.15) is 18.3 Å². The molecule has 2 aromatic heterocycles. The molecule has 9 heteroatoms. The molecular weight excluding hydrogens is 383 g/mol. The Bertz CT molecular complexity index is 1060. The highest BCUT2D eigenvalue weighted by atomic mass is 19.4. The summed E-state index contributed by atoms with van der Waals surface area (Å²) in [5, 5.41) is 10.1. The van der Waals surface area contributed by atoms with E-state index >= 15 is 0 Å². The zero-order valence-electron chi connectivity index (χ0n) is 15.8. The van der Waals surface area contributed by atoms with Gasteiger partial charge >= 0.3 is 6.18 Å². The first-order valence-electron chi connectivity index (χ1n) is 9.38. The van der Waals surface area contributed by atoms with Crippen LogP contribution in [0.15, 0.2) is 30.3 Å². The standard InChI is InChI=1S/C20H20F3N5O/c1-24-14-6-5-13(9-16(14)25-11-29)19-18-15(7-8-17(26-18)20(21,22)23)27-28(19)10-12-3-2-4-12/h5-9,11-12,24H,2-4,10H2,1H3,(H,25,29). The number of rotatable bonds is 6. The Morgan fingerprint density at radius 3 is 2.62 bits per heavy atom. The third-order valence-electron chi connectivity index (χ3n) is 5.31. The van der Waals surface area contributed by atoms with E-state index in [-0.39, 0.29) is 5.52 Å². The molecule has 0 saturated heterocycles. The van der Waals surface area contributed by atoms with Crippen molar-refractivity contribution in [3.8, 4) is 11.3 Å². The van der Waals surface area contributed by atoms with Crippen molar-refractivity contribution in [2.24, 2.45) is 5.92 Å². The molecule has 1 aliphatic rings. The van der Waals surface area contributed by atoms with Gasteiger partial charge in [-0.25, -0.2) is 4.98 Å². The maximum absolute atomic E-state index is 13.2. The van der Waals surface area contributed by atoms with Gasteiger partial charge < -0.3 is 10.6 Å². The lowest BCUT2D eigenvalue weighted by atomic mass is 9.85. The van der Waals surface area contributed by atoms with Crippen LogP contribution in [-0.2, 0) is 17.5 Å². The first-order chi connectivity index (χ1) is 13.9. The van der Waals surface area contributed by atoms with Crippen molar-refractivity contribution < 1.29 is 18.0 Å². The van der Waals surface area contributed by atoms with Crippen molar-refractivity contribution in [3.63, 3.8) is 0 Å². The molecule has 0 radical (unpaired) electrons. The number of amides is 1. The van der Waals surface area contributed by atoms with Crippen molar-refractivity contribution in [1.82, 2.24) is 14.8 Å². The highest BCUT2D eigenvalue weighted by Crippen LogP contribution is 2.37. The molecule has 0 unspecified atom stereocenters. The minimum atomic E-state index is -4.54. The lowest BCUT2D eigenvalue weighted by molar-refractivity contribution is -0.140. The van der Waals surface area contributed by atoms with E-state index < -0.39 is 11.9 Å². The SMILES string of the molecule is CNc1ccc(-c2c3nc(C(F)(F)F)ccc3nn2CC2CCC2)cc1NC=O. The van der Waals surface area contributed by atoms with Crippen molar-refractivity contribution in [1.29, 1.82) is 0 Å². The molecule has 1 saturated carbocycles. The molecule has 2 heterocycles. The van der Waals surface area contributed by atoms with E-state index in [9.17, 15) is 18.0 Å². The number of carbonyl (C=O) groups excluding carboxylic acids is 1. The third-order valence-corrected chi connectivity index (χ3v) is 5.31. The average Bonchev–Trinajstić information content (AvgIpc) is 3.01. The normalized spacial score (nSPS) is 14.6. The predicted octanol–water partition coefficient (Wildman–Crippen LogP) is 4.53. The van der Waals surface area contributed by atoms with Gasteiger partial charge in [0.15, 0.2) is 0 Å². The maximum atomic E-state index is 13.2. The van der Waals surface area contributed by atoms with Gasteiger partial charge in [0.05, 0.1) is 17.1 Å². The third kappa shape index (κ3) is 3.64. The van der Waals surface area contributed by atoms with Gasteiger partial charge in [-0.15, -0.1) is 0 Å². The van der Waals surface area contributed by atoms with Crippen LogP contribution in [-0.4, -0.2) is 28.2 Å². The largest absolute Gasteiger partial charge is 0.433 e. The maximum Gasteiger partial charge on any atom is 0.433 e. The minimum Gasteiger partial charge on any atom is -0.386 e. The second kappa shape index (κ2) is 7.38. The topological polar surface area (TPSA) is 71.8 Å². The Morgan fingerprint density at radius 1 is 1.21 bits per heavy atom. The van der Waals surface area contributed by atoms with Gasteiger partial charge in [0, 0.05) is 19.2 Å². The van der Waals surface area contributed by atoms with E-state index in [4.69, 9.17) is 0 Å². The first-order valence-corrected chi connectivity index (χ1v) is 9.38. The molecule has 0 atom stereocenters. The second-order valence-corrected chi connectivity index (χ2v) is 7.16. The Kier molecular flexibility index (Phi) is 4.89. The van der Waals surface area contributed by atoms with Crippen LogP contribution in [0.3, 0.4) is 0 Å². The molecule has 0 aliphatic heterocycles. The Morgan fingerprint density at radius 2 is 2.00 bits per heavy atom. The number of hydrogen-bond acceptors (Lipinski definition) is 4. The summed E-state index contributed by atoms with van der Waals surface area (Å²) < 4.78 is 41.5. The number of aromatic nitrogens is 3. The first kappa shape index (κ1) is 19.2. The van der Waals surface area contributed by atoms with Crippen molar-refractivity contribution in [2.45, 2.75) is 32.0 Å². The number of alkyl halides is 3. The van der Waals surface area contributed by atoms with Gasteiger partial charge in [-0.3, -0.25) is 9.48 Å². The van der Waals surface area contributed by atoms with Crippen LogP contribution < -0.4 is 10.6 Å². The number of fused-ring (bicyclic) bond motifs is 1. The fourth-order valence-electron chi connectivity index (χ4n) is 3.60. The summed E-state index contributed by atoms with van der Waals surface area (Å²) in [6.45, 7) is 0.622. The zero-order valence-corrected chi connectivity index (χ0v) is 15.8. The Hall–Kier alpha value is -3.10. The van der Waals surface area contributed by atoms with Gasteiger partial charge in [0.2, 0.25) is 6.41 Å². The summed E-state index contributed by atoms with van der Waals surface area (Å²) in [6.07, 6.45) is -0.673. The molecule has 29 heavy (non-hydrogen) atoms. The summed E-state index contributed by atoms with van der Waals surface area (Å²) in [5.74, 6) is 0.453. The van der Waals surface area contributed by atoms with Crippen molar-refractivity contribution in [3.05, 3.63) is 36.0 Å². The highest BCUT2D eigenvalue weighted by molar-refractivity contribution is 5.93. The summed E-state index contributed by atoms with van der Waals surface area (Å²) >= 11 is 0. The summed E-state index contributed by atoms with van der Waals surface area (Å²) in [5.41, 5.74) is 2.04. The fraction of sp³-hybridized carbons (Fsp3) is 0.350. The van der Waals surface area contributed by atoms with E-state index in [2.05, 4.69) is 20.7 Å². The molecule has 0 bridgehead atoms. The van der Waals surface area contributed by atoms with E-state index in [1.807, 2.05) is 0 Å². The molecule has 1 aromatic carbocycles. The van der Waals surface area contributed by atoms with E-state index in [0.29, 0.717) is 47.0 Å². The number of benzene rings is 1. The van der Waals surface area contributed by atoms with Gasteiger partial charge in [0.1, 0.15) is 16.7 Å². The van der Waals surface area contributed by atoms with Crippen LogP contribution in [0.1, 0.15) is 25.0 Å². The average molecular weight is 403 g/mol. The highest BCUT2D eigenvalue weighted by Gasteiger charge is 2.33. The van der Waals surface area contributed by atoms with E-state index in [1.54, 1.807) is 29.9 Å². The molecule has 6 nitrogen and oxygen atoms in total. The molecule has 1 fully saturated rings. The fourth-order valence-corrected chi connectivity index (χ4v) is 3.60. The van der Waals surface area contributed by atoms with E-state index in [1.165, 1.54) is 6.07 Å². The Labute approximate surface area is 165 Å². The van der Waals surface area contributed by atoms with Crippen LogP contribution >= 0.6 is 0 Å². The summed E-state index contributed by atoms with van der Waals surface area (Å²) in [6, 6.07) is 7.59. The lowest BCUT2D eigenvalue weighted by Gasteiger charge is -2.26. The Balaban J connectivity index is 1.90. The van der Waals surface area contributed by atoms with Gasteiger partial charge in [0.25, 0.3) is 0 Å². The number of carbonyl (C=O) groups is 1. The van der Waals surface area contributed by atoms with Crippen LogP contribution in [0.2, 0.25) is 0 Å². The molecule has 1 amide bonds. The number of anilines is 2. The molecule has 2 N–H and O–H groups in total. The smallest absolute Gasteiger partial charge is 0.386 e. The van der Waals surface area contributed by atoms with Crippen LogP contribution in [0, 0.1) is 5.92 Å². The van der Waals surface area contributed by atoms with E-state index in [0.717, 1.165) is 25.3 Å². The lowest BCUT2D eigenvalue weighted by Crippen LogP contribution is -2.19. The number of hydrogen-bond donors (Lipinski definition) is 2. The predicted molar refractivity (Wildman–Crippen MR) is 105 cm³/mol. The molecular formula is C20H20F3N5O. The monoisotopic (exact) mass is 403 g/mol. The van der Waals surface area contributed by atoms with Gasteiger partial charge in [-0.1, -0.05) is 12.5 Å². The number of nitrogens with zero attached hydrogens (tertiary/aromatic N) is 3. The molecule has 3 aromatic rings. The van der Waals surface area contributed by atoms with Crippen LogP contribution in [0.25, 0.3) is 22.3 Å². The molecule has 1 aliphatic carbocycles. The van der Waals surface area contributed by atoms with Crippen molar-refractivity contribution >= 4 is 28.8 Å². The quantitative estimate of drug-likeness (QED) is 0.594. The van der Waals surface area contributed by atoms with Crippen LogP contribution in [0.5, 0.6) is 0 Å². The molecule has 4 rings (SSSR count). The minimum absolute atomic E-state index is 0.202. The number of halogens is 3. The number of pyridine rings is 1. The zero-order chi connectivity index (χ0) is 20.6. The number of nitrogens with one attached hydrogen (secondary N) is 2. The summed E-state index contributed by atoms with van der Waals surface area (Å²) in [4.78, 5) is 14.9. The van der Waals surface area contributed by atoms with Gasteiger partial charge in [-0.05, 0) is 43.0 Å². The molecule has 0 spiro atoms. The summed E-state index contributed by atoms with van der Waals surface area (Å²) in [7, 11) is 1.72. The molecule has 152 valence electrons. The second-order valence-electron chi connectivity index (χ2n) is 7.16.